The molecule has 17 heavy (non-hydrogen) atoms. The largest absolute Gasteiger partial charge is 1.00 e. The van der Waals surface area contributed by atoms with Gasteiger partial charge in [-0.2, -0.15) is 0 Å². The SMILES string of the molecule is CCCCCC[N+]1(CCCC)C=CC(C)=C1.[Cl-]. The predicted molar refractivity (Wildman–Crippen MR) is 71.9 cm³/mol. The Morgan fingerprint density at radius 3 is 2.12 bits per heavy atom. The number of hydrogen-bond acceptors (Lipinski definition) is 0. The summed E-state index contributed by atoms with van der Waals surface area (Å²) in [5.41, 5.74) is 1.44. The molecule has 1 aliphatic rings. The summed E-state index contributed by atoms with van der Waals surface area (Å²) in [6.07, 6.45) is 15.3. The highest BCUT2D eigenvalue weighted by molar-refractivity contribution is 5.16. The molecule has 0 aromatic carbocycles. The zero-order valence-corrected chi connectivity index (χ0v) is 12.5. The van der Waals surface area contributed by atoms with E-state index in [9.17, 15) is 0 Å². The number of halogens is 1. The first kappa shape index (κ1) is 16.7. The van der Waals surface area contributed by atoms with Gasteiger partial charge in [0.1, 0.15) is 12.4 Å². The summed E-state index contributed by atoms with van der Waals surface area (Å²) < 4.78 is 1.11. The van der Waals surface area contributed by atoms with Crippen molar-refractivity contribution < 1.29 is 16.9 Å². The Labute approximate surface area is 114 Å². The van der Waals surface area contributed by atoms with Crippen LogP contribution in [0.1, 0.15) is 59.3 Å². The van der Waals surface area contributed by atoms with Gasteiger partial charge in [0.2, 0.25) is 0 Å². The Kier molecular flexibility index (Phi) is 8.63. The maximum atomic E-state index is 2.45. The van der Waals surface area contributed by atoms with E-state index in [4.69, 9.17) is 0 Å². The van der Waals surface area contributed by atoms with Crippen LogP contribution in [0, 0.1) is 0 Å². The summed E-state index contributed by atoms with van der Waals surface area (Å²) >= 11 is 0. The van der Waals surface area contributed by atoms with Crippen LogP contribution in [-0.4, -0.2) is 17.6 Å². The summed E-state index contributed by atoms with van der Waals surface area (Å²) in [4.78, 5) is 0. The van der Waals surface area contributed by atoms with Gasteiger partial charge in [0.25, 0.3) is 0 Å². The van der Waals surface area contributed by atoms with Crippen LogP contribution in [0.4, 0.5) is 0 Å². The molecule has 1 unspecified atom stereocenters. The Bertz CT molecular complexity index is 258. The maximum absolute atomic E-state index is 2.45. The molecule has 1 rings (SSSR count). The average molecular weight is 258 g/mol. The van der Waals surface area contributed by atoms with Gasteiger partial charge in [-0.3, -0.25) is 4.48 Å². The highest BCUT2D eigenvalue weighted by Gasteiger charge is 2.25. The first-order chi connectivity index (χ1) is 7.72. The summed E-state index contributed by atoms with van der Waals surface area (Å²) in [7, 11) is 0. The highest BCUT2D eigenvalue weighted by Crippen LogP contribution is 2.23. The molecule has 1 heterocycles. The highest BCUT2D eigenvalue weighted by atomic mass is 35.5. The molecule has 0 amide bonds. The normalized spacial score (nSPS) is 22.4. The lowest BCUT2D eigenvalue weighted by Crippen LogP contribution is -3.00. The second kappa shape index (κ2) is 8.77. The molecule has 0 spiro atoms. The zero-order chi connectivity index (χ0) is 11.9. The van der Waals surface area contributed by atoms with Gasteiger partial charge < -0.3 is 12.4 Å². The van der Waals surface area contributed by atoms with Crippen molar-refractivity contribution in [1.29, 1.82) is 0 Å². The third kappa shape index (κ3) is 5.74. The number of quaternary nitrogens is 1. The van der Waals surface area contributed by atoms with Crippen molar-refractivity contribution in [2.24, 2.45) is 0 Å². The molecule has 0 radical (unpaired) electrons. The van der Waals surface area contributed by atoms with Crippen LogP contribution in [-0.2, 0) is 0 Å². The molecule has 0 bridgehead atoms. The molecule has 1 atom stereocenters. The number of hydrogen-bond donors (Lipinski definition) is 0. The summed E-state index contributed by atoms with van der Waals surface area (Å²) in [6, 6.07) is 0. The van der Waals surface area contributed by atoms with Gasteiger partial charge in [0, 0.05) is 5.57 Å². The van der Waals surface area contributed by atoms with Crippen molar-refractivity contribution in [2.75, 3.05) is 13.1 Å². The molecule has 0 saturated carbocycles. The van der Waals surface area contributed by atoms with E-state index >= 15 is 0 Å². The van der Waals surface area contributed by atoms with E-state index in [0.29, 0.717) is 0 Å². The van der Waals surface area contributed by atoms with Crippen molar-refractivity contribution in [2.45, 2.75) is 59.3 Å². The van der Waals surface area contributed by atoms with Gasteiger partial charge in [-0.1, -0.05) is 33.1 Å². The van der Waals surface area contributed by atoms with Crippen LogP contribution in [0.15, 0.2) is 24.0 Å². The molecule has 1 nitrogen and oxygen atoms in total. The fourth-order valence-electron chi connectivity index (χ4n) is 2.43. The molecular weight excluding hydrogens is 230 g/mol. The summed E-state index contributed by atoms with van der Waals surface area (Å²) in [5, 5.41) is 0. The van der Waals surface area contributed by atoms with Gasteiger partial charge in [0.15, 0.2) is 0 Å². The van der Waals surface area contributed by atoms with Crippen LogP contribution in [0.5, 0.6) is 0 Å². The smallest absolute Gasteiger partial charge is 0.104 e. The average Bonchev–Trinajstić information content (AvgIpc) is 2.65. The first-order valence-corrected chi connectivity index (χ1v) is 6.97. The van der Waals surface area contributed by atoms with E-state index < -0.39 is 0 Å². The van der Waals surface area contributed by atoms with Crippen molar-refractivity contribution >= 4 is 0 Å². The maximum Gasteiger partial charge on any atom is 0.104 e. The van der Waals surface area contributed by atoms with Gasteiger partial charge in [-0.05, 0) is 32.3 Å². The molecule has 0 fully saturated rings. The lowest BCUT2D eigenvalue weighted by atomic mass is 10.2. The zero-order valence-electron chi connectivity index (χ0n) is 11.7. The second-order valence-corrected chi connectivity index (χ2v) is 5.15. The molecular formula is C15H28ClN. The minimum Gasteiger partial charge on any atom is -1.00 e. The van der Waals surface area contributed by atoms with E-state index in [0.717, 1.165) is 4.48 Å². The van der Waals surface area contributed by atoms with Crippen molar-refractivity contribution in [3.05, 3.63) is 24.0 Å². The molecule has 0 saturated heterocycles. The molecule has 0 aromatic heterocycles. The number of rotatable bonds is 8. The van der Waals surface area contributed by atoms with E-state index in [1.807, 2.05) is 0 Å². The Hall–Kier alpha value is -0.270. The van der Waals surface area contributed by atoms with Gasteiger partial charge in [-0.25, -0.2) is 0 Å². The molecule has 0 N–H and O–H groups in total. The minimum absolute atomic E-state index is 0. The Balaban J connectivity index is 0.00000256. The lowest BCUT2D eigenvalue weighted by Gasteiger charge is -2.29. The van der Waals surface area contributed by atoms with Crippen LogP contribution in [0.2, 0.25) is 0 Å². The summed E-state index contributed by atoms with van der Waals surface area (Å²) in [5.74, 6) is 0. The number of unbranched alkanes of at least 4 members (excludes halogenated alkanes) is 4. The van der Waals surface area contributed by atoms with E-state index in [-0.39, 0.29) is 12.4 Å². The van der Waals surface area contributed by atoms with Crippen LogP contribution in [0.25, 0.3) is 0 Å². The summed E-state index contributed by atoms with van der Waals surface area (Å²) in [6.45, 7) is 9.37. The monoisotopic (exact) mass is 257 g/mol. The van der Waals surface area contributed by atoms with Gasteiger partial charge in [-0.15, -0.1) is 0 Å². The Morgan fingerprint density at radius 2 is 1.59 bits per heavy atom. The minimum atomic E-state index is 0. The number of allylic oxidation sites excluding steroid dienone is 2. The first-order valence-electron chi connectivity index (χ1n) is 6.97. The quantitative estimate of drug-likeness (QED) is 0.458. The van der Waals surface area contributed by atoms with Gasteiger partial charge in [0.05, 0.1) is 13.1 Å². The van der Waals surface area contributed by atoms with Crippen molar-refractivity contribution in [1.82, 2.24) is 0 Å². The van der Waals surface area contributed by atoms with Crippen molar-refractivity contribution in [3.63, 3.8) is 0 Å². The molecule has 100 valence electrons. The fourth-order valence-corrected chi connectivity index (χ4v) is 2.43. The fraction of sp³-hybridized carbons (Fsp3) is 0.733. The molecule has 2 heteroatoms. The topological polar surface area (TPSA) is 0 Å². The second-order valence-electron chi connectivity index (χ2n) is 5.15. The van der Waals surface area contributed by atoms with Crippen LogP contribution < -0.4 is 12.4 Å². The van der Waals surface area contributed by atoms with E-state index in [1.165, 1.54) is 57.2 Å². The molecule has 0 aliphatic carbocycles. The van der Waals surface area contributed by atoms with Crippen molar-refractivity contribution in [3.8, 4) is 0 Å². The third-order valence-electron chi connectivity index (χ3n) is 3.45. The third-order valence-corrected chi connectivity index (χ3v) is 3.45. The lowest BCUT2D eigenvalue weighted by molar-refractivity contribution is -0.826. The van der Waals surface area contributed by atoms with E-state index in [1.54, 1.807) is 0 Å². The molecule has 0 aromatic rings. The van der Waals surface area contributed by atoms with Crippen LogP contribution in [0.3, 0.4) is 0 Å². The number of nitrogens with zero attached hydrogens (tertiary/aromatic N) is 1. The van der Waals surface area contributed by atoms with Gasteiger partial charge >= 0.3 is 0 Å². The predicted octanol–water partition coefficient (Wildman–Crippen LogP) is 1.62. The Morgan fingerprint density at radius 1 is 0.941 bits per heavy atom. The molecule has 1 aliphatic heterocycles. The van der Waals surface area contributed by atoms with E-state index in [2.05, 4.69) is 39.2 Å². The van der Waals surface area contributed by atoms with Crippen LogP contribution >= 0.6 is 0 Å². The standard InChI is InChI=1S/C15H28N.ClH/c1-4-6-8-9-12-16(11-7-5-2)13-10-15(3)14-16;/h10,13-14H,4-9,11-12H2,1-3H3;1H/q+1;/p-1.